The Kier molecular flexibility index (Phi) is 5.44. The monoisotopic (exact) mass is 408 g/mol. The highest BCUT2D eigenvalue weighted by atomic mass is 19.2. The first-order chi connectivity index (χ1) is 13.7. The number of rotatable bonds is 4. The van der Waals surface area contributed by atoms with E-state index in [1.165, 1.54) is 13.1 Å². The van der Waals surface area contributed by atoms with Crippen LogP contribution >= 0.6 is 0 Å². The minimum atomic E-state index is -2.29. The fourth-order valence-corrected chi connectivity index (χ4v) is 2.54. The van der Waals surface area contributed by atoms with Crippen LogP contribution in [0.2, 0.25) is 0 Å². The average molecular weight is 408 g/mol. The molecule has 0 aliphatic carbocycles. The van der Waals surface area contributed by atoms with Crippen LogP contribution in [0.5, 0.6) is 0 Å². The normalized spacial score (nSPS) is 10.8. The quantitative estimate of drug-likeness (QED) is 0.297. The molecule has 5 nitrogen and oxygen atoms in total. The van der Waals surface area contributed by atoms with Gasteiger partial charge in [0.15, 0.2) is 29.1 Å². The van der Waals surface area contributed by atoms with E-state index in [0.29, 0.717) is 16.9 Å². The zero-order chi connectivity index (χ0) is 21.3. The number of amides is 1. The van der Waals surface area contributed by atoms with Crippen LogP contribution in [0.25, 0.3) is 11.3 Å². The molecule has 0 bridgehead atoms. The zero-order valence-corrected chi connectivity index (χ0v) is 14.9. The predicted molar refractivity (Wildman–Crippen MR) is 95.2 cm³/mol. The Morgan fingerprint density at radius 3 is 2.07 bits per heavy atom. The maximum atomic E-state index is 13.7. The van der Waals surface area contributed by atoms with Crippen molar-refractivity contribution >= 4 is 17.4 Å². The van der Waals surface area contributed by atoms with Crippen LogP contribution in [-0.4, -0.2) is 15.9 Å². The number of halogens is 5. The van der Waals surface area contributed by atoms with Gasteiger partial charge in [-0.3, -0.25) is 4.79 Å². The Labute approximate surface area is 161 Å². The Bertz CT molecular complexity index is 1070. The molecule has 1 aromatic heterocycles. The number of carbonyl (C=O) groups is 1. The number of hydrogen-bond acceptors (Lipinski definition) is 4. The van der Waals surface area contributed by atoms with Crippen LogP contribution < -0.4 is 11.1 Å². The highest BCUT2D eigenvalue weighted by Crippen LogP contribution is 2.24. The first-order valence-corrected chi connectivity index (χ1v) is 8.18. The van der Waals surface area contributed by atoms with E-state index in [2.05, 4.69) is 15.3 Å². The number of hydrogen-bond donors (Lipinski definition) is 2. The van der Waals surface area contributed by atoms with Gasteiger partial charge in [0.05, 0.1) is 24.0 Å². The Morgan fingerprint density at radius 2 is 1.52 bits per heavy atom. The fraction of sp³-hybridized carbons (Fsp3) is 0.105. The van der Waals surface area contributed by atoms with Crippen molar-refractivity contribution in [3.63, 3.8) is 0 Å². The van der Waals surface area contributed by atoms with E-state index in [0.717, 1.165) is 0 Å². The van der Waals surface area contributed by atoms with E-state index in [9.17, 15) is 26.7 Å². The summed E-state index contributed by atoms with van der Waals surface area (Å²) in [5.74, 6) is -11.7. The number of nitrogen functional groups attached to an aromatic ring is 1. The molecule has 0 aliphatic heterocycles. The molecule has 0 spiro atoms. The van der Waals surface area contributed by atoms with Crippen molar-refractivity contribution in [2.45, 2.75) is 13.3 Å². The van der Waals surface area contributed by atoms with Crippen molar-refractivity contribution < 1.29 is 26.7 Å². The lowest BCUT2D eigenvalue weighted by Gasteiger charge is -2.10. The molecule has 10 heteroatoms. The van der Waals surface area contributed by atoms with Gasteiger partial charge in [0.25, 0.3) is 0 Å². The predicted octanol–water partition coefficient (Wildman–Crippen LogP) is 3.91. The van der Waals surface area contributed by atoms with Crippen molar-refractivity contribution in [3.05, 3.63) is 70.8 Å². The van der Waals surface area contributed by atoms with Gasteiger partial charge in [-0.15, -0.1) is 0 Å². The van der Waals surface area contributed by atoms with Crippen molar-refractivity contribution in [2.75, 3.05) is 11.1 Å². The van der Waals surface area contributed by atoms with Gasteiger partial charge in [0.1, 0.15) is 0 Å². The molecule has 29 heavy (non-hydrogen) atoms. The molecule has 2 aromatic carbocycles. The van der Waals surface area contributed by atoms with Crippen molar-refractivity contribution in [1.29, 1.82) is 0 Å². The Morgan fingerprint density at radius 1 is 0.966 bits per heavy atom. The number of aromatic nitrogens is 2. The SMILES string of the molecule is Cc1nc(-c2ccc(N)cc2)cnc1NC(=O)Cc1c(F)c(F)c(F)c(F)c1F. The summed E-state index contributed by atoms with van der Waals surface area (Å²) in [6.07, 6.45) is 0.277. The first kappa shape index (κ1) is 20.2. The number of benzene rings is 2. The third-order valence-corrected chi connectivity index (χ3v) is 4.05. The second-order valence-corrected chi connectivity index (χ2v) is 6.08. The van der Waals surface area contributed by atoms with E-state index in [1.807, 2.05) is 0 Å². The summed E-state index contributed by atoms with van der Waals surface area (Å²) in [6.45, 7) is 1.53. The molecule has 3 N–H and O–H groups in total. The highest BCUT2D eigenvalue weighted by Gasteiger charge is 2.27. The van der Waals surface area contributed by atoms with Gasteiger partial charge in [0.2, 0.25) is 11.7 Å². The summed E-state index contributed by atoms with van der Waals surface area (Å²) in [6, 6.07) is 6.79. The van der Waals surface area contributed by atoms with Crippen LogP contribution in [-0.2, 0) is 11.2 Å². The van der Waals surface area contributed by atoms with Gasteiger partial charge in [0, 0.05) is 16.8 Å². The van der Waals surface area contributed by atoms with Crippen LogP contribution in [0, 0.1) is 36.0 Å². The molecule has 0 radical (unpaired) electrons. The molecule has 0 fully saturated rings. The third-order valence-electron chi connectivity index (χ3n) is 4.05. The second-order valence-electron chi connectivity index (χ2n) is 6.08. The van der Waals surface area contributed by atoms with E-state index in [4.69, 9.17) is 5.73 Å². The van der Waals surface area contributed by atoms with Crippen molar-refractivity contribution in [1.82, 2.24) is 9.97 Å². The smallest absolute Gasteiger partial charge is 0.230 e. The third kappa shape index (κ3) is 4.00. The van der Waals surface area contributed by atoms with Gasteiger partial charge in [-0.05, 0) is 19.1 Å². The molecular weight excluding hydrogens is 395 g/mol. The largest absolute Gasteiger partial charge is 0.399 e. The van der Waals surface area contributed by atoms with E-state index in [-0.39, 0.29) is 11.5 Å². The van der Waals surface area contributed by atoms with Gasteiger partial charge in [-0.2, -0.15) is 0 Å². The molecule has 3 aromatic rings. The number of nitrogens with two attached hydrogens (primary N) is 1. The minimum absolute atomic E-state index is 0.0157. The number of nitrogens with zero attached hydrogens (tertiary/aromatic N) is 2. The minimum Gasteiger partial charge on any atom is -0.399 e. The molecule has 1 heterocycles. The lowest BCUT2D eigenvalue weighted by Crippen LogP contribution is -2.19. The average Bonchev–Trinajstić information content (AvgIpc) is 2.70. The summed E-state index contributed by atoms with van der Waals surface area (Å²) in [4.78, 5) is 20.4. The molecule has 0 atom stereocenters. The van der Waals surface area contributed by atoms with E-state index < -0.39 is 47.0 Å². The molecular formula is C19H13F5N4O. The van der Waals surface area contributed by atoms with Crippen LogP contribution in [0.1, 0.15) is 11.3 Å². The summed E-state index contributed by atoms with van der Waals surface area (Å²) < 4.78 is 67.0. The summed E-state index contributed by atoms with van der Waals surface area (Å²) in [5.41, 5.74) is 6.44. The molecule has 3 rings (SSSR count). The molecule has 0 unspecified atom stereocenters. The van der Waals surface area contributed by atoms with Gasteiger partial charge < -0.3 is 11.1 Å². The molecule has 150 valence electrons. The van der Waals surface area contributed by atoms with E-state index in [1.54, 1.807) is 24.3 Å². The maximum Gasteiger partial charge on any atom is 0.230 e. The van der Waals surface area contributed by atoms with Gasteiger partial charge >= 0.3 is 0 Å². The first-order valence-electron chi connectivity index (χ1n) is 8.18. The molecule has 0 aliphatic rings. The summed E-state index contributed by atoms with van der Waals surface area (Å²) >= 11 is 0. The van der Waals surface area contributed by atoms with E-state index >= 15 is 0 Å². The van der Waals surface area contributed by atoms with Crippen LogP contribution in [0.4, 0.5) is 33.5 Å². The Balaban J connectivity index is 1.81. The molecule has 0 saturated carbocycles. The lowest BCUT2D eigenvalue weighted by atomic mass is 10.1. The van der Waals surface area contributed by atoms with Crippen molar-refractivity contribution in [3.8, 4) is 11.3 Å². The number of carbonyl (C=O) groups excluding carboxylic acids is 1. The lowest BCUT2D eigenvalue weighted by molar-refractivity contribution is -0.115. The number of nitrogens with one attached hydrogen (secondary N) is 1. The van der Waals surface area contributed by atoms with Gasteiger partial charge in [-0.1, -0.05) is 12.1 Å². The topological polar surface area (TPSA) is 80.9 Å². The molecule has 0 saturated heterocycles. The number of aryl methyl sites for hydroxylation is 1. The standard InChI is InChI=1S/C19H13F5N4O/c1-8-19(26-7-12(27-8)9-2-4-10(25)5-3-9)28-13(29)6-11-14(20)16(22)18(24)17(23)15(11)21/h2-5,7H,6,25H2,1H3,(H,26,28,29). The van der Waals surface area contributed by atoms with Crippen LogP contribution in [0.15, 0.2) is 30.5 Å². The maximum absolute atomic E-state index is 13.7. The van der Waals surface area contributed by atoms with Crippen LogP contribution in [0.3, 0.4) is 0 Å². The number of anilines is 2. The fourth-order valence-electron chi connectivity index (χ4n) is 2.54. The summed E-state index contributed by atoms with van der Waals surface area (Å²) in [7, 11) is 0. The van der Waals surface area contributed by atoms with Gasteiger partial charge in [-0.25, -0.2) is 31.9 Å². The van der Waals surface area contributed by atoms with Crippen molar-refractivity contribution in [2.24, 2.45) is 0 Å². The summed E-state index contributed by atoms with van der Waals surface area (Å²) in [5, 5.41) is 2.25. The second kappa shape index (κ2) is 7.82. The zero-order valence-electron chi connectivity index (χ0n) is 14.9. The molecule has 1 amide bonds. The highest BCUT2D eigenvalue weighted by molar-refractivity contribution is 5.92. The Hall–Kier alpha value is -3.56.